The number of ether oxygens (including phenoxy) is 1. The van der Waals surface area contributed by atoms with Crippen LogP contribution in [0.4, 0.5) is 0 Å². The van der Waals surface area contributed by atoms with Gasteiger partial charge in [-0.25, -0.2) is 0 Å². The average molecular weight is 349 g/mol. The first-order valence-corrected chi connectivity index (χ1v) is 9.24. The zero-order valence-corrected chi connectivity index (χ0v) is 15.2. The molecule has 0 spiro atoms. The smallest absolute Gasteiger partial charge is 0.228 e. The first kappa shape index (κ1) is 19.7. The van der Waals surface area contributed by atoms with Crippen molar-refractivity contribution in [3.63, 3.8) is 0 Å². The molecule has 0 N–H and O–H groups in total. The van der Waals surface area contributed by atoms with Gasteiger partial charge in [-0.3, -0.25) is 14.5 Å². The van der Waals surface area contributed by atoms with Crippen LogP contribution in [0.3, 0.4) is 0 Å². The number of morpholine rings is 1. The second-order valence-electron chi connectivity index (χ2n) is 6.70. The third-order valence-electron chi connectivity index (χ3n) is 4.87. The van der Waals surface area contributed by atoms with Crippen molar-refractivity contribution in [1.29, 1.82) is 0 Å². The van der Waals surface area contributed by atoms with E-state index in [-0.39, 0.29) is 17.7 Å². The molecular formula is C19H31N3O3. The third-order valence-corrected chi connectivity index (χ3v) is 4.87. The Balaban J connectivity index is 1.82. The summed E-state index contributed by atoms with van der Waals surface area (Å²) in [5.74, 6) is 0.163. The van der Waals surface area contributed by atoms with Gasteiger partial charge in [-0.2, -0.15) is 0 Å². The molecule has 2 aliphatic heterocycles. The number of piperidine rings is 1. The van der Waals surface area contributed by atoms with E-state index in [2.05, 4.69) is 18.1 Å². The lowest BCUT2D eigenvalue weighted by atomic mass is 9.95. The van der Waals surface area contributed by atoms with Gasteiger partial charge < -0.3 is 14.5 Å². The Labute approximate surface area is 151 Å². The van der Waals surface area contributed by atoms with Crippen LogP contribution in [0.15, 0.2) is 25.3 Å². The Bertz CT molecular complexity index is 465. The van der Waals surface area contributed by atoms with Crippen molar-refractivity contribution in [3.05, 3.63) is 25.3 Å². The van der Waals surface area contributed by atoms with E-state index in [0.717, 1.165) is 45.8 Å². The lowest BCUT2D eigenvalue weighted by Gasteiger charge is -2.35. The molecule has 2 aliphatic rings. The van der Waals surface area contributed by atoms with Crippen LogP contribution in [-0.2, 0) is 14.3 Å². The van der Waals surface area contributed by atoms with E-state index < -0.39 is 0 Å². The van der Waals surface area contributed by atoms with Crippen LogP contribution in [0.1, 0.15) is 19.3 Å². The van der Waals surface area contributed by atoms with Crippen LogP contribution in [-0.4, -0.2) is 85.5 Å². The van der Waals surface area contributed by atoms with Gasteiger partial charge in [0.15, 0.2) is 0 Å². The van der Waals surface area contributed by atoms with E-state index in [1.165, 1.54) is 0 Å². The van der Waals surface area contributed by atoms with Gasteiger partial charge >= 0.3 is 0 Å². The minimum absolute atomic E-state index is 0.102. The fraction of sp³-hybridized carbons (Fsp3) is 0.684. The molecule has 2 amide bonds. The highest BCUT2D eigenvalue weighted by Gasteiger charge is 2.32. The summed E-state index contributed by atoms with van der Waals surface area (Å²) in [5.41, 5.74) is 0. The molecule has 1 unspecified atom stereocenters. The molecule has 0 saturated carbocycles. The van der Waals surface area contributed by atoms with Crippen molar-refractivity contribution in [2.24, 2.45) is 5.92 Å². The quantitative estimate of drug-likeness (QED) is 0.586. The summed E-state index contributed by atoms with van der Waals surface area (Å²) in [6.45, 7) is 14.2. The molecule has 0 aromatic carbocycles. The topological polar surface area (TPSA) is 53.1 Å². The molecule has 140 valence electrons. The zero-order chi connectivity index (χ0) is 18.1. The van der Waals surface area contributed by atoms with Gasteiger partial charge in [0.25, 0.3) is 0 Å². The van der Waals surface area contributed by atoms with Crippen LogP contribution in [0.2, 0.25) is 0 Å². The maximum absolute atomic E-state index is 12.7. The lowest BCUT2D eigenvalue weighted by molar-refractivity contribution is -0.142. The minimum Gasteiger partial charge on any atom is -0.379 e. The van der Waals surface area contributed by atoms with Gasteiger partial charge in [-0.05, 0) is 12.8 Å². The van der Waals surface area contributed by atoms with Crippen molar-refractivity contribution in [2.45, 2.75) is 19.3 Å². The summed E-state index contributed by atoms with van der Waals surface area (Å²) in [4.78, 5) is 30.9. The summed E-state index contributed by atoms with van der Waals surface area (Å²) >= 11 is 0. The standard InChI is InChI=1S/C19H31N3O3/c1-3-8-21(9-4-2)19(24)17-6-7-18(23)22(16-17)11-5-10-20-12-14-25-15-13-20/h3-4,17H,1-2,5-16H2. The highest BCUT2D eigenvalue weighted by atomic mass is 16.5. The van der Waals surface area contributed by atoms with E-state index in [4.69, 9.17) is 4.74 Å². The molecule has 6 heteroatoms. The largest absolute Gasteiger partial charge is 0.379 e. The predicted octanol–water partition coefficient (Wildman–Crippen LogP) is 1.15. The molecule has 0 aliphatic carbocycles. The van der Waals surface area contributed by atoms with E-state index in [9.17, 15) is 9.59 Å². The first-order chi connectivity index (χ1) is 12.2. The summed E-state index contributed by atoms with van der Waals surface area (Å²) in [5, 5.41) is 0. The minimum atomic E-state index is -0.110. The summed E-state index contributed by atoms with van der Waals surface area (Å²) < 4.78 is 5.35. The fourth-order valence-corrected chi connectivity index (χ4v) is 3.47. The molecule has 0 bridgehead atoms. The predicted molar refractivity (Wildman–Crippen MR) is 98.2 cm³/mol. The summed E-state index contributed by atoms with van der Waals surface area (Å²) in [6.07, 6.45) is 5.51. The van der Waals surface area contributed by atoms with Crippen molar-refractivity contribution >= 4 is 11.8 Å². The maximum Gasteiger partial charge on any atom is 0.228 e. The van der Waals surface area contributed by atoms with Gasteiger partial charge in [0.05, 0.1) is 19.1 Å². The highest BCUT2D eigenvalue weighted by Crippen LogP contribution is 2.20. The Morgan fingerprint density at radius 3 is 2.52 bits per heavy atom. The van der Waals surface area contributed by atoms with Crippen LogP contribution < -0.4 is 0 Å². The van der Waals surface area contributed by atoms with Crippen LogP contribution >= 0.6 is 0 Å². The molecule has 2 saturated heterocycles. The Kier molecular flexibility index (Phi) is 8.15. The number of likely N-dealkylation sites (tertiary alicyclic amines) is 1. The average Bonchev–Trinajstić information content (AvgIpc) is 2.63. The number of rotatable bonds is 9. The first-order valence-electron chi connectivity index (χ1n) is 9.24. The van der Waals surface area contributed by atoms with E-state index >= 15 is 0 Å². The van der Waals surface area contributed by atoms with Gasteiger partial charge in [0.2, 0.25) is 11.8 Å². The lowest BCUT2D eigenvalue weighted by Crippen LogP contribution is -2.48. The number of carbonyl (C=O) groups excluding carboxylic acids is 2. The molecule has 25 heavy (non-hydrogen) atoms. The van der Waals surface area contributed by atoms with Gasteiger partial charge in [0, 0.05) is 52.2 Å². The van der Waals surface area contributed by atoms with Crippen LogP contribution in [0, 0.1) is 5.92 Å². The van der Waals surface area contributed by atoms with Crippen LogP contribution in [0.5, 0.6) is 0 Å². The second-order valence-corrected chi connectivity index (χ2v) is 6.70. The summed E-state index contributed by atoms with van der Waals surface area (Å²) in [7, 11) is 0. The number of hydrogen-bond donors (Lipinski definition) is 0. The molecular weight excluding hydrogens is 318 g/mol. The molecule has 2 heterocycles. The normalized spacial score (nSPS) is 21.8. The van der Waals surface area contributed by atoms with Crippen molar-refractivity contribution < 1.29 is 14.3 Å². The molecule has 2 rings (SSSR count). The van der Waals surface area contributed by atoms with Crippen LogP contribution in [0.25, 0.3) is 0 Å². The Hall–Kier alpha value is -1.66. The summed E-state index contributed by atoms with van der Waals surface area (Å²) in [6, 6.07) is 0. The number of nitrogens with zero attached hydrogens (tertiary/aromatic N) is 3. The molecule has 2 fully saturated rings. The van der Waals surface area contributed by atoms with Crippen molar-refractivity contribution in [2.75, 3.05) is 59.0 Å². The number of hydrogen-bond acceptors (Lipinski definition) is 4. The maximum atomic E-state index is 12.7. The zero-order valence-electron chi connectivity index (χ0n) is 15.2. The Morgan fingerprint density at radius 2 is 1.88 bits per heavy atom. The van der Waals surface area contributed by atoms with Gasteiger partial charge in [-0.15, -0.1) is 13.2 Å². The monoisotopic (exact) mass is 349 g/mol. The Morgan fingerprint density at radius 1 is 1.20 bits per heavy atom. The molecule has 6 nitrogen and oxygen atoms in total. The van der Waals surface area contributed by atoms with E-state index in [0.29, 0.717) is 32.5 Å². The van der Waals surface area contributed by atoms with Crippen molar-refractivity contribution in [1.82, 2.24) is 14.7 Å². The van der Waals surface area contributed by atoms with E-state index in [1.807, 2.05) is 4.90 Å². The van der Waals surface area contributed by atoms with Crippen molar-refractivity contribution in [3.8, 4) is 0 Å². The van der Waals surface area contributed by atoms with Gasteiger partial charge in [0.1, 0.15) is 0 Å². The second kappa shape index (κ2) is 10.4. The molecule has 1 atom stereocenters. The van der Waals surface area contributed by atoms with E-state index in [1.54, 1.807) is 17.1 Å². The fourth-order valence-electron chi connectivity index (χ4n) is 3.47. The molecule has 0 radical (unpaired) electrons. The SMILES string of the molecule is C=CCN(CC=C)C(=O)C1CCC(=O)N(CCCN2CCOCC2)C1. The van der Waals surface area contributed by atoms with Gasteiger partial charge in [-0.1, -0.05) is 12.2 Å². The number of carbonyl (C=O) groups is 2. The molecule has 0 aromatic rings. The third kappa shape index (κ3) is 5.97. The number of amides is 2. The molecule has 0 aromatic heterocycles. The highest BCUT2D eigenvalue weighted by molar-refractivity contribution is 5.84.